The molecule has 0 aromatic rings. The van der Waals surface area contributed by atoms with Gasteiger partial charge in [-0.05, 0) is 41.5 Å². The summed E-state index contributed by atoms with van der Waals surface area (Å²) >= 11 is 0. The fourth-order valence-electron chi connectivity index (χ4n) is 3.03. The lowest BCUT2D eigenvalue weighted by atomic mass is 10.4. The van der Waals surface area contributed by atoms with Crippen LogP contribution in [-0.2, 0) is 27.8 Å². The zero-order chi connectivity index (χ0) is 18.4. The Morgan fingerprint density at radius 2 is 1.12 bits per heavy atom. The van der Waals surface area contributed by atoms with Gasteiger partial charge in [0.15, 0.2) is 0 Å². The van der Waals surface area contributed by atoms with Crippen LogP contribution in [0.25, 0.3) is 0 Å². The van der Waals surface area contributed by atoms with Gasteiger partial charge in [-0.25, -0.2) is 0 Å². The lowest BCUT2D eigenvalue weighted by Crippen LogP contribution is -2.50. The largest absolute Gasteiger partial charge is 0.392 e. The monoisotopic (exact) mass is 376 g/mol. The van der Waals surface area contributed by atoms with Crippen molar-refractivity contribution < 1.29 is 27.8 Å². The topological polar surface area (TPSA) is 62.0 Å². The second kappa shape index (κ2) is 9.78. The first-order chi connectivity index (χ1) is 11.8. The Bertz CT molecular complexity index is 348. The Hall–Kier alpha value is -0.0231. The highest BCUT2D eigenvalue weighted by Crippen LogP contribution is 2.29. The van der Waals surface area contributed by atoms with Gasteiger partial charge in [0, 0.05) is 24.3 Å². The lowest BCUT2D eigenvalue weighted by molar-refractivity contribution is 0.0298. The van der Waals surface area contributed by atoms with Gasteiger partial charge in [-0.15, -0.1) is 0 Å². The molecule has 0 saturated carbocycles. The average molecular weight is 377 g/mol. The molecule has 148 valence electrons. The molecule has 6 nitrogen and oxygen atoms in total. The summed E-state index contributed by atoms with van der Waals surface area (Å²) in [6, 6.07) is 1.59. The summed E-state index contributed by atoms with van der Waals surface area (Å²) in [4.78, 5) is 0. The third-order valence-electron chi connectivity index (χ3n) is 4.04. The summed E-state index contributed by atoms with van der Waals surface area (Å²) < 4.78 is 35.3. The molecule has 7 heteroatoms. The van der Waals surface area contributed by atoms with Gasteiger partial charge in [0.05, 0.1) is 38.6 Å². The van der Waals surface area contributed by atoms with Crippen molar-refractivity contribution in [3.05, 3.63) is 0 Å². The minimum atomic E-state index is -2.48. The van der Waals surface area contributed by atoms with Crippen LogP contribution in [0.4, 0.5) is 0 Å². The van der Waals surface area contributed by atoms with Crippen LogP contribution in [0.2, 0.25) is 12.1 Å². The van der Waals surface area contributed by atoms with Crippen molar-refractivity contribution in [2.24, 2.45) is 0 Å². The van der Waals surface area contributed by atoms with E-state index in [4.69, 9.17) is 27.8 Å². The van der Waals surface area contributed by atoms with Gasteiger partial charge < -0.3 is 27.8 Å². The van der Waals surface area contributed by atoms with Crippen LogP contribution < -0.4 is 0 Å². The van der Waals surface area contributed by atoms with Crippen molar-refractivity contribution in [1.82, 2.24) is 0 Å². The first-order valence-corrected chi connectivity index (χ1v) is 11.8. The molecule has 2 saturated heterocycles. The molecule has 2 aliphatic heterocycles. The molecule has 2 rings (SSSR count). The second-order valence-corrected chi connectivity index (χ2v) is 11.0. The molecule has 2 heterocycles. The number of rotatable bonds is 14. The number of hydrogen-bond donors (Lipinski definition) is 0. The van der Waals surface area contributed by atoms with Crippen LogP contribution in [-0.4, -0.2) is 71.6 Å². The first-order valence-electron chi connectivity index (χ1n) is 9.60. The van der Waals surface area contributed by atoms with Gasteiger partial charge in [0.2, 0.25) is 0 Å². The third-order valence-corrected chi connectivity index (χ3v) is 8.23. The minimum Gasteiger partial charge on any atom is -0.392 e. The van der Waals surface area contributed by atoms with Crippen LogP contribution in [0.15, 0.2) is 0 Å². The molecule has 0 aromatic carbocycles. The molecular weight excluding hydrogens is 340 g/mol. The highest BCUT2D eigenvalue weighted by molar-refractivity contribution is 6.67. The number of hydrogen-bond acceptors (Lipinski definition) is 6. The third kappa shape index (κ3) is 8.95. The fraction of sp³-hybridized carbons (Fsp3) is 1.00. The maximum Gasteiger partial charge on any atom is 0.343 e. The van der Waals surface area contributed by atoms with E-state index in [0.29, 0.717) is 13.2 Å². The van der Waals surface area contributed by atoms with Crippen LogP contribution >= 0.6 is 0 Å². The number of epoxide rings is 2. The van der Waals surface area contributed by atoms with E-state index in [1.165, 1.54) is 0 Å². The molecule has 0 radical (unpaired) electrons. The molecular formula is C18H36O6Si. The molecule has 0 N–H and O–H groups in total. The van der Waals surface area contributed by atoms with E-state index in [1.54, 1.807) is 0 Å². The predicted molar refractivity (Wildman–Crippen MR) is 98.1 cm³/mol. The summed E-state index contributed by atoms with van der Waals surface area (Å²) in [5.74, 6) is 0. The van der Waals surface area contributed by atoms with Gasteiger partial charge in [-0.2, -0.15) is 0 Å². The predicted octanol–water partition coefficient (Wildman–Crippen LogP) is 2.89. The van der Waals surface area contributed by atoms with Gasteiger partial charge in [-0.3, -0.25) is 0 Å². The van der Waals surface area contributed by atoms with Crippen LogP contribution in [0.1, 0.15) is 41.5 Å². The first kappa shape index (κ1) is 21.3. The van der Waals surface area contributed by atoms with E-state index in [-0.39, 0.29) is 36.6 Å². The summed E-state index contributed by atoms with van der Waals surface area (Å²) in [5.41, 5.74) is 0. The smallest absolute Gasteiger partial charge is 0.343 e. The lowest BCUT2D eigenvalue weighted by Gasteiger charge is -2.37. The van der Waals surface area contributed by atoms with Crippen LogP contribution in [0.5, 0.6) is 0 Å². The molecule has 25 heavy (non-hydrogen) atoms. The summed E-state index contributed by atoms with van der Waals surface area (Å²) in [5, 5.41) is 0. The quantitative estimate of drug-likeness (QED) is 0.343. The van der Waals surface area contributed by atoms with E-state index in [0.717, 1.165) is 25.3 Å². The second-order valence-electron chi connectivity index (χ2n) is 7.85. The summed E-state index contributed by atoms with van der Waals surface area (Å²) in [6.07, 6.45) is 0.930. The molecule has 0 amide bonds. The highest BCUT2D eigenvalue weighted by atomic mass is 28.4. The maximum absolute atomic E-state index is 6.43. The average Bonchev–Trinajstić information content (AvgIpc) is 3.35. The Labute approximate surface area is 153 Å². The molecule has 2 aliphatic rings. The van der Waals surface area contributed by atoms with Gasteiger partial charge in [-0.1, -0.05) is 0 Å². The molecule has 0 spiro atoms. The van der Waals surface area contributed by atoms with Crippen molar-refractivity contribution in [2.75, 3.05) is 26.4 Å². The zero-order valence-corrected chi connectivity index (χ0v) is 17.7. The van der Waals surface area contributed by atoms with Gasteiger partial charge >= 0.3 is 8.56 Å². The maximum atomic E-state index is 6.43. The van der Waals surface area contributed by atoms with Gasteiger partial charge in [0.1, 0.15) is 12.2 Å². The van der Waals surface area contributed by atoms with Crippen molar-refractivity contribution >= 4 is 8.56 Å². The summed E-state index contributed by atoms with van der Waals surface area (Å²) in [7, 11) is -2.48. The standard InChI is InChI=1S/C18H36O6Si/c1-13(2)23-25(24-14(3)4,11-15(5)19-7-17-9-21-17)12-16(6)20-8-18-10-22-18/h13-18H,7-12H2,1-6H3. The zero-order valence-electron chi connectivity index (χ0n) is 16.7. The minimum absolute atomic E-state index is 0.0762. The molecule has 4 atom stereocenters. The highest BCUT2D eigenvalue weighted by Gasteiger charge is 2.43. The van der Waals surface area contributed by atoms with E-state index >= 15 is 0 Å². The molecule has 0 bridgehead atoms. The van der Waals surface area contributed by atoms with Crippen LogP contribution in [0.3, 0.4) is 0 Å². The Morgan fingerprint density at radius 3 is 1.40 bits per heavy atom. The Kier molecular flexibility index (Phi) is 8.32. The van der Waals surface area contributed by atoms with E-state index < -0.39 is 8.56 Å². The van der Waals surface area contributed by atoms with Crippen LogP contribution in [0, 0.1) is 0 Å². The molecule has 4 unspecified atom stereocenters. The van der Waals surface area contributed by atoms with Crippen molar-refractivity contribution in [1.29, 1.82) is 0 Å². The van der Waals surface area contributed by atoms with E-state index in [9.17, 15) is 0 Å². The van der Waals surface area contributed by atoms with Crippen molar-refractivity contribution in [3.63, 3.8) is 0 Å². The molecule has 2 fully saturated rings. The van der Waals surface area contributed by atoms with Crippen molar-refractivity contribution in [2.45, 2.75) is 90.3 Å². The Morgan fingerprint density at radius 1 is 0.760 bits per heavy atom. The van der Waals surface area contributed by atoms with E-state index in [2.05, 4.69) is 41.5 Å². The Balaban J connectivity index is 1.95. The van der Waals surface area contributed by atoms with E-state index in [1.807, 2.05) is 0 Å². The normalized spacial score (nSPS) is 25.4. The van der Waals surface area contributed by atoms with Crippen molar-refractivity contribution in [3.8, 4) is 0 Å². The fourth-order valence-corrected chi connectivity index (χ4v) is 7.34. The SMILES string of the molecule is CC(C)O[Si](CC(C)OCC1CO1)(CC(C)OCC1CO1)OC(C)C. The van der Waals surface area contributed by atoms with Gasteiger partial charge in [0.25, 0.3) is 0 Å². The number of ether oxygens (including phenoxy) is 4. The molecule has 0 aromatic heterocycles. The molecule has 0 aliphatic carbocycles. The summed E-state index contributed by atoms with van der Waals surface area (Å²) in [6.45, 7) is 15.4.